The third-order valence-corrected chi connectivity index (χ3v) is 14.2. The molecule has 60 heavy (non-hydrogen) atoms. The summed E-state index contributed by atoms with van der Waals surface area (Å²) in [4.78, 5) is 24.2. The number of phenolic OH excluding ortho intramolecular Hbond substituents is 2. The van der Waals surface area contributed by atoms with Gasteiger partial charge in [0.15, 0.2) is 0 Å². The lowest BCUT2D eigenvalue weighted by Crippen LogP contribution is -2.41. The van der Waals surface area contributed by atoms with E-state index in [1.165, 1.54) is 5.01 Å². The average molecular weight is 924 g/mol. The third kappa shape index (κ3) is 11.7. The number of carbonyl (C=O) groups is 1. The number of aromatic nitrogens is 2. The van der Waals surface area contributed by atoms with Gasteiger partial charge in [-0.25, -0.2) is 14.8 Å². The lowest BCUT2D eigenvalue weighted by Gasteiger charge is -2.32. The molecule has 0 radical (unpaired) electrons. The fraction of sp³-hybridized carbons (Fsp3) is 0.612. The van der Waals surface area contributed by atoms with Gasteiger partial charge in [-0.3, -0.25) is 0 Å². The number of halogens is 1. The number of hydrogen-bond acceptors (Lipinski definition) is 9. The lowest BCUT2D eigenvalue weighted by atomic mass is 9.78. The standard InChI is InChI=1S/C27H40N2O3S.C22H31BrN2OS/c1-25(2,3)19-14-18(15-20(22(19)30)26(4,5)6)21-16-33-23(28-21)17-10-12-29(13-11-17)24(31)32-27(7,8)9;1-21(2,3)15-11-14(12-16(18(15)26)22(4,5)6)17-19(23)27-20(25-17)13-7-9-24-10-8-13/h14-17,30H,10-13H2,1-9H3;11-13,24,26H,7-10H2,1-6H3. The quantitative estimate of drug-likeness (QED) is 0.187. The molecule has 6 rings (SSSR count). The van der Waals surface area contributed by atoms with Crippen LogP contribution in [0.15, 0.2) is 33.4 Å². The van der Waals surface area contributed by atoms with Gasteiger partial charge < -0.3 is 25.2 Å². The summed E-state index contributed by atoms with van der Waals surface area (Å²) >= 11 is 7.22. The van der Waals surface area contributed by atoms with E-state index >= 15 is 0 Å². The van der Waals surface area contributed by atoms with Crippen LogP contribution >= 0.6 is 38.6 Å². The van der Waals surface area contributed by atoms with Crippen molar-refractivity contribution in [3.05, 3.63) is 65.7 Å². The maximum absolute atomic E-state index is 12.4. The molecule has 2 aliphatic heterocycles. The predicted octanol–water partition coefficient (Wildman–Crippen LogP) is 13.6. The van der Waals surface area contributed by atoms with Crippen molar-refractivity contribution >= 4 is 44.7 Å². The van der Waals surface area contributed by atoms with Gasteiger partial charge in [0.05, 0.1) is 25.2 Å². The molecule has 2 fully saturated rings. The summed E-state index contributed by atoms with van der Waals surface area (Å²) in [5.74, 6) is 1.71. The number of aromatic hydroxyl groups is 2. The van der Waals surface area contributed by atoms with Crippen LogP contribution in [-0.4, -0.2) is 63.0 Å². The molecule has 2 aliphatic rings. The van der Waals surface area contributed by atoms with E-state index in [9.17, 15) is 15.0 Å². The Bertz CT molecular complexity index is 2060. The zero-order valence-electron chi connectivity index (χ0n) is 38.9. The van der Waals surface area contributed by atoms with Crippen LogP contribution in [0.5, 0.6) is 11.5 Å². The Kier molecular flexibility index (Phi) is 14.4. The van der Waals surface area contributed by atoms with Crippen molar-refractivity contribution in [3.63, 3.8) is 0 Å². The summed E-state index contributed by atoms with van der Waals surface area (Å²) in [6.45, 7) is 34.9. The summed E-state index contributed by atoms with van der Waals surface area (Å²) in [6, 6.07) is 8.43. The molecule has 0 bridgehead atoms. The normalized spacial score (nSPS) is 16.4. The van der Waals surface area contributed by atoms with Gasteiger partial charge >= 0.3 is 6.09 Å². The van der Waals surface area contributed by atoms with Crippen LogP contribution in [0.25, 0.3) is 22.5 Å². The molecular formula is C49H71BrN4O4S2. The molecule has 2 saturated heterocycles. The maximum atomic E-state index is 12.4. The van der Waals surface area contributed by atoms with Gasteiger partial charge in [0, 0.05) is 63.7 Å². The summed E-state index contributed by atoms with van der Waals surface area (Å²) < 4.78 is 6.61. The highest BCUT2D eigenvalue weighted by Gasteiger charge is 2.32. The molecule has 0 aliphatic carbocycles. The molecule has 11 heteroatoms. The van der Waals surface area contributed by atoms with Crippen molar-refractivity contribution in [1.29, 1.82) is 0 Å². The van der Waals surface area contributed by atoms with Crippen molar-refractivity contribution < 1.29 is 19.7 Å². The second-order valence-electron chi connectivity index (χ2n) is 21.9. The highest BCUT2D eigenvalue weighted by atomic mass is 79.9. The predicted molar refractivity (Wildman–Crippen MR) is 256 cm³/mol. The summed E-state index contributed by atoms with van der Waals surface area (Å²) in [5.41, 5.74) is 6.87. The zero-order valence-corrected chi connectivity index (χ0v) is 42.2. The lowest BCUT2D eigenvalue weighted by molar-refractivity contribution is 0.0204. The van der Waals surface area contributed by atoms with E-state index in [4.69, 9.17) is 14.7 Å². The molecule has 0 spiro atoms. The first-order valence-corrected chi connectivity index (χ1v) is 24.1. The number of likely N-dealkylation sites (tertiary alicyclic amines) is 1. The molecule has 3 N–H and O–H groups in total. The fourth-order valence-electron chi connectivity index (χ4n) is 7.82. The maximum Gasteiger partial charge on any atom is 0.410 e. The molecule has 2 aromatic carbocycles. The Balaban J connectivity index is 0.000000232. The topological polar surface area (TPSA) is 108 Å². The number of nitrogens with zero attached hydrogens (tertiary/aromatic N) is 3. The SMILES string of the molecule is CC(C)(C)OC(=O)N1CCC(c2nc(-c3cc(C(C)(C)C)c(O)c(C(C)(C)C)c3)cs2)CC1.CC(C)(C)c1cc(-c2nc(C3CCNCC3)sc2Br)cc(C(C)(C)C)c1O. The van der Waals surface area contributed by atoms with Gasteiger partial charge in [-0.05, 0) is 121 Å². The van der Waals surface area contributed by atoms with E-state index in [-0.39, 0.29) is 27.8 Å². The Labute approximate surface area is 377 Å². The summed E-state index contributed by atoms with van der Waals surface area (Å²) in [6.07, 6.45) is 3.85. The van der Waals surface area contributed by atoms with Gasteiger partial charge in [0.25, 0.3) is 0 Å². The van der Waals surface area contributed by atoms with Crippen LogP contribution in [0.4, 0.5) is 4.79 Å². The Morgan fingerprint density at radius 2 is 1.12 bits per heavy atom. The van der Waals surface area contributed by atoms with Crippen LogP contribution in [0.2, 0.25) is 0 Å². The van der Waals surface area contributed by atoms with E-state index < -0.39 is 5.60 Å². The summed E-state index contributed by atoms with van der Waals surface area (Å²) in [7, 11) is 0. The minimum Gasteiger partial charge on any atom is -0.507 e. The molecular weight excluding hydrogens is 853 g/mol. The first kappa shape index (κ1) is 48.0. The number of amides is 1. The minimum absolute atomic E-state index is 0.138. The molecule has 330 valence electrons. The van der Waals surface area contributed by atoms with Gasteiger partial charge in [-0.15, -0.1) is 22.7 Å². The largest absolute Gasteiger partial charge is 0.507 e. The minimum atomic E-state index is -0.472. The van der Waals surface area contributed by atoms with Crippen molar-refractivity contribution in [3.8, 4) is 34.0 Å². The van der Waals surface area contributed by atoms with Gasteiger partial charge in [0.1, 0.15) is 17.1 Å². The van der Waals surface area contributed by atoms with Crippen LogP contribution in [0, 0.1) is 0 Å². The molecule has 4 aromatic rings. The number of thiazole rings is 2. The smallest absolute Gasteiger partial charge is 0.410 e. The number of nitrogens with one attached hydrogen (secondary N) is 1. The number of ether oxygens (including phenoxy) is 1. The molecule has 4 heterocycles. The van der Waals surface area contributed by atoms with Crippen molar-refractivity contribution in [1.82, 2.24) is 20.2 Å². The van der Waals surface area contributed by atoms with E-state index in [2.05, 4.69) is 134 Å². The number of benzene rings is 2. The van der Waals surface area contributed by atoms with E-state index in [1.54, 1.807) is 22.7 Å². The summed E-state index contributed by atoms with van der Waals surface area (Å²) in [5, 5.41) is 29.9. The Morgan fingerprint density at radius 1 is 0.683 bits per heavy atom. The Morgan fingerprint density at radius 3 is 1.55 bits per heavy atom. The van der Waals surface area contributed by atoms with E-state index in [1.807, 2.05) is 25.7 Å². The number of hydrogen-bond donors (Lipinski definition) is 3. The molecule has 2 aromatic heterocycles. The van der Waals surface area contributed by atoms with Crippen molar-refractivity contribution in [2.24, 2.45) is 0 Å². The number of carbonyl (C=O) groups excluding carboxylic acids is 1. The highest BCUT2D eigenvalue weighted by molar-refractivity contribution is 9.11. The molecule has 0 unspecified atom stereocenters. The second kappa shape index (κ2) is 18.0. The van der Waals surface area contributed by atoms with E-state index in [0.717, 1.165) is 92.3 Å². The third-order valence-electron chi connectivity index (χ3n) is 11.3. The van der Waals surface area contributed by atoms with Gasteiger partial charge in [-0.2, -0.15) is 0 Å². The van der Waals surface area contributed by atoms with Crippen LogP contribution in [-0.2, 0) is 26.4 Å². The number of rotatable bonds is 4. The monoisotopic (exact) mass is 922 g/mol. The van der Waals surface area contributed by atoms with Crippen molar-refractivity contribution in [2.75, 3.05) is 26.2 Å². The molecule has 0 atom stereocenters. The number of phenols is 2. The second-order valence-corrected chi connectivity index (χ2v) is 25.1. The van der Waals surface area contributed by atoms with Crippen LogP contribution in [0.3, 0.4) is 0 Å². The van der Waals surface area contributed by atoms with Crippen LogP contribution in [0.1, 0.15) is 174 Å². The molecule has 0 saturated carbocycles. The van der Waals surface area contributed by atoms with Gasteiger partial charge in [0.2, 0.25) is 0 Å². The van der Waals surface area contributed by atoms with E-state index in [0.29, 0.717) is 36.4 Å². The van der Waals surface area contributed by atoms with Crippen LogP contribution < -0.4 is 5.32 Å². The van der Waals surface area contributed by atoms with Crippen molar-refractivity contribution in [2.45, 2.75) is 169 Å². The molecule has 8 nitrogen and oxygen atoms in total. The highest BCUT2D eigenvalue weighted by Crippen LogP contribution is 2.46. The van der Waals surface area contributed by atoms with Gasteiger partial charge in [-0.1, -0.05) is 83.1 Å². The first-order chi connectivity index (χ1) is 27.5. The number of piperidine rings is 2. The fourth-order valence-corrected chi connectivity index (χ4v) is 10.6. The Hall–Kier alpha value is -2.99. The average Bonchev–Trinajstić information content (AvgIpc) is 3.77. The molecule has 1 amide bonds. The zero-order chi connectivity index (χ0) is 44.7. The first-order valence-electron chi connectivity index (χ1n) is 21.6.